The number of oxime groups is 1. The molecule has 3 aliphatic rings. The van der Waals surface area contributed by atoms with Gasteiger partial charge in [-0.25, -0.2) is 0 Å². The van der Waals surface area contributed by atoms with E-state index < -0.39 is 0 Å². The van der Waals surface area contributed by atoms with Crippen molar-refractivity contribution in [3.05, 3.63) is 34.9 Å². The summed E-state index contributed by atoms with van der Waals surface area (Å²) < 4.78 is 5.77. The summed E-state index contributed by atoms with van der Waals surface area (Å²) in [5.41, 5.74) is 1.76. The molecule has 3 nitrogen and oxygen atoms in total. The van der Waals surface area contributed by atoms with E-state index in [1.807, 2.05) is 24.3 Å². The van der Waals surface area contributed by atoms with Crippen LogP contribution in [0.2, 0.25) is 5.02 Å². The molecular formula is C18H18ClNO2. The lowest BCUT2D eigenvalue weighted by molar-refractivity contribution is -0.193. The van der Waals surface area contributed by atoms with E-state index in [4.69, 9.17) is 21.2 Å². The molecule has 2 heterocycles. The smallest absolute Gasteiger partial charge is 0.144 e. The first kappa shape index (κ1) is 14.1. The molecule has 1 aromatic rings. The van der Waals surface area contributed by atoms with Gasteiger partial charge in [0.1, 0.15) is 11.3 Å². The number of ether oxygens (including phenoxy) is 1. The van der Waals surface area contributed by atoms with Crippen molar-refractivity contribution in [2.24, 2.45) is 5.16 Å². The van der Waals surface area contributed by atoms with Gasteiger partial charge in [0.15, 0.2) is 0 Å². The van der Waals surface area contributed by atoms with Crippen LogP contribution >= 0.6 is 11.6 Å². The van der Waals surface area contributed by atoms with E-state index in [2.05, 4.69) is 17.0 Å². The Kier molecular flexibility index (Phi) is 3.40. The molecule has 2 spiro atoms. The third kappa shape index (κ3) is 2.62. The van der Waals surface area contributed by atoms with Gasteiger partial charge in [-0.2, -0.15) is 0 Å². The molecule has 0 radical (unpaired) electrons. The normalized spacial score (nSPS) is 32.9. The van der Waals surface area contributed by atoms with E-state index in [-0.39, 0.29) is 11.2 Å². The van der Waals surface area contributed by atoms with Crippen LogP contribution in [0.1, 0.15) is 44.1 Å². The Morgan fingerprint density at radius 1 is 1.05 bits per heavy atom. The van der Waals surface area contributed by atoms with Crippen LogP contribution in [0.15, 0.2) is 29.4 Å². The highest BCUT2D eigenvalue weighted by Gasteiger charge is 2.50. The number of hydrogen-bond donors (Lipinski definition) is 0. The molecule has 1 saturated heterocycles. The topological polar surface area (TPSA) is 30.8 Å². The van der Waals surface area contributed by atoms with E-state index >= 15 is 0 Å². The minimum absolute atomic E-state index is 0.136. The molecule has 0 amide bonds. The van der Waals surface area contributed by atoms with Crippen LogP contribution in [0, 0.1) is 11.8 Å². The Morgan fingerprint density at radius 3 is 2.50 bits per heavy atom. The molecule has 2 aliphatic heterocycles. The van der Waals surface area contributed by atoms with Gasteiger partial charge in [-0.1, -0.05) is 28.7 Å². The summed E-state index contributed by atoms with van der Waals surface area (Å²) in [5, 5.41) is 4.91. The molecule has 4 heteroatoms. The Labute approximate surface area is 135 Å². The van der Waals surface area contributed by atoms with Crippen molar-refractivity contribution in [3.63, 3.8) is 0 Å². The molecule has 0 aromatic heterocycles. The number of benzene rings is 1. The first-order chi connectivity index (χ1) is 10.7. The zero-order chi connectivity index (χ0) is 15.0. The third-order valence-corrected chi connectivity index (χ3v) is 5.29. The zero-order valence-electron chi connectivity index (χ0n) is 12.4. The molecule has 0 atom stereocenters. The average molecular weight is 316 g/mol. The summed E-state index contributed by atoms with van der Waals surface area (Å²) in [7, 11) is 0. The van der Waals surface area contributed by atoms with E-state index in [1.165, 1.54) is 6.42 Å². The standard InChI is InChI=1S/C18H18ClNO2/c19-15-3-1-2-14(12-15)4-5-16-13-18(22-20-16)8-6-17(7-9-18)10-11-21-17/h1-3,12H,6-11,13H2. The van der Waals surface area contributed by atoms with Gasteiger partial charge in [-0.15, -0.1) is 0 Å². The molecule has 1 saturated carbocycles. The lowest BCUT2D eigenvalue weighted by atomic mass is 9.71. The van der Waals surface area contributed by atoms with Crippen LogP contribution < -0.4 is 0 Å². The van der Waals surface area contributed by atoms with Crippen molar-refractivity contribution >= 4 is 17.3 Å². The summed E-state index contributed by atoms with van der Waals surface area (Å²) in [4.78, 5) is 5.77. The van der Waals surface area contributed by atoms with E-state index in [1.54, 1.807) is 0 Å². The summed E-state index contributed by atoms with van der Waals surface area (Å²) in [5.74, 6) is 6.25. The summed E-state index contributed by atoms with van der Waals surface area (Å²) in [6.45, 7) is 0.917. The molecular weight excluding hydrogens is 298 g/mol. The molecule has 0 N–H and O–H groups in total. The highest BCUT2D eigenvalue weighted by molar-refractivity contribution is 6.30. The predicted octanol–water partition coefficient (Wildman–Crippen LogP) is 3.94. The van der Waals surface area contributed by atoms with Gasteiger partial charge in [-0.3, -0.25) is 0 Å². The van der Waals surface area contributed by atoms with E-state index in [0.29, 0.717) is 5.02 Å². The van der Waals surface area contributed by atoms with Crippen molar-refractivity contribution < 1.29 is 9.57 Å². The van der Waals surface area contributed by atoms with Gasteiger partial charge in [0.05, 0.1) is 12.2 Å². The summed E-state index contributed by atoms with van der Waals surface area (Å²) in [6.07, 6.45) is 6.20. The molecule has 4 rings (SSSR count). The lowest BCUT2D eigenvalue weighted by Gasteiger charge is -2.48. The third-order valence-electron chi connectivity index (χ3n) is 5.05. The van der Waals surface area contributed by atoms with Crippen molar-refractivity contribution in [1.82, 2.24) is 0 Å². The van der Waals surface area contributed by atoms with Crippen LogP contribution in [0.25, 0.3) is 0 Å². The van der Waals surface area contributed by atoms with Crippen LogP contribution in [0.5, 0.6) is 0 Å². The van der Waals surface area contributed by atoms with Crippen LogP contribution in [0.3, 0.4) is 0 Å². The quantitative estimate of drug-likeness (QED) is 0.679. The predicted molar refractivity (Wildman–Crippen MR) is 86.0 cm³/mol. The molecule has 114 valence electrons. The van der Waals surface area contributed by atoms with Crippen molar-refractivity contribution in [2.75, 3.05) is 6.61 Å². The Morgan fingerprint density at radius 2 is 1.82 bits per heavy atom. The van der Waals surface area contributed by atoms with Gasteiger partial charge in [0.25, 0.3) is 0 Å². The summed E-state index contributed by atoms with van der Waals surface area (Å²) in [6, 6.07) is 7.56. The second kappa shape index (κ2) is 5.30. The molecule has 1 aromatic carbocycles. The minimum atomic E-state index is -0.136. The van der Waals surface area contributed by atoms with Gasteiger partial charge in [0, 0.05) is 17.0 Å². The maximum absolute atomic E-state index is 5.97. The highest BCUT2D eigenvalue weighted by atomic mass is 35.5. The second-order valence-corrected chi connectivity index (χ2v) is 6.97. The second-order valence-electron chi connectivity index (χ2n) is 6.53. The van der Waals surface area contributed by atoms with Gasteiger partial charge < -0.3 is 9.57 Å². The highest BCUT2D eigenvalue weighted by Crippen LogP contribution is 2.47. The number of hydrogen-bond acceptors (Lipinski definition) is 3. The van der Waals surface area contributed by atoms with Crippen LogP contribution in [-0.4, -0.2) is 23.5 Å². The minimum Gasteiger partial charge on any atom is -0.388 e. The first-order valence-electron chi connectivity index (χ1n) is 7.84. The largest absolute Gasteiger partial charge is 0.388 e. The molecule has 22 heavy (non-hydrogen) atoms. The van der Waals surface area contributed by atoms with Gasteiger partial charge in [0.2, 0.25) is 0 Å². The Bertz CT molecular complexity index is 672. The van der Waals surface area contributed by atoms with E-state index in [0.717, 1.165) is 50.0 Å². The monoisotopic (exact) mass is 315 g/mol. The van der Waals surface area contributed by atoms with Crippen LogP contribution in [0.4, 0.5) is 0 Å². The fourth-order valence-electron chi connectivity index (χ4n) is 3.51. The molecule has 0 unspecified atom stereocenters. The van der Waals surface area contributed by atoms with Crippen molar-refractivity contribution in [3.8, 4) is 11.8 Å². The molecule has 1 aliphatic carbocycles. The average Bonchev–Trinajstić information content (AvgIpc) is 2.88. The van der Waals surface area contributed by atoms with Gasteiger partial charge in [-0.05, 0) is 56.2 Å². The molecule has 2 fully saturated rings. The first-order valence-corrected chi connectivity index (χ1v) is 8.22. The van der Waals surface area contributed by atoms with Crippen molar-refractivity contribution in [1.29, 1.82) is 0 Å². The number of nitrogens with zero attached hydrogens (tertiary/aromatic N) is 1. The Hall–Kier alpha value is -1.50. The Balaban J connectivity index is 1.40. The fraction of sp³-hybridized carbons (Fsp3) is 0.500. The maximum atomic E-state index is 5.97. The van der Waals surface area contributed by atoms with E-state index in [9.17, 15) is 0 Å². The summed E-state index contributed by atoms with van der Waals surface area (Å²) >= 11 is 5.97. The number of halogens is 1. The molecule has 0 bridgehead atoms. The van der Waals surface area contributed by atoms with Crippen molar-refractivity contribution in [2.45, 2.75) is 49.7 Å². The maximum Gasteiger partial charge on any atom is 0.144 e. The fourth-order valence-corrected chi connectivity index (χ4v) is 3.70. The van der Waals surface area contributed by atoms with Gasteiger partial charge >= 0.3 is 0 Å². The zero-order valence-corrected chi connectivity index (χ0v) is 13.2. The lowest BCUT2D eigenvalue weighted by Crippen LogP contribution is -2.50. The number of rotatable bonds is 0. The van der Waals surface area contributed by atoms with Crippen LogP contribution in [-0.2, 0) is 9.57 Å². The SMILES string of the molecule is Clc1cccc(C#CC2=NOC3(CCC4(CCO4)CC3)C2)c1.